The minimum absolute atomic E-state index is 0.109. The van der Waals surface area contributed by atoms with Gasteiger partial charge in [0.2, 0.25) is 5.91 Å². The van der Waals surface area contributed by atoms with Gasteiger partial charge in [-0.05, 0) is 55.0 Å². The third-order valence-electron chi connectivity index (χ3n) is 5.09. The summed E-state index contributed by atoms with van der Waals surface area (Å²) in [5, 5.41) is 7.35. The van der Waals surface area contributed by atoms with Crippen molar-refractivity contribution >= 4 is 29.3 Å². The Labute approximate surface area is 177 Å². The predicted molar refractivity (Wildman–Crippen MR) is 118 cm³/mol. The fraction of sp³-hybridized carbons (Fsp3) is 0.409. The maximum Gasteiger partial charge on any atom is 0.237 e. The molecule has 2 aromatic carbocycles. The molecule has 150 valence electrons. The number of likely N-dealkylation sites (tertiary alicyclic amines) is 1. The van der Waals surface area contributed by atoms with Gasteiger partial charge < -0.3 is 10.6 Å². The summed E-state index contributed by atoms with van der Waals surface area (Å²) in [6, 6.07) is 16.7. The van der Waals surface area contributed by atoms with Crippen molar-refractivity contribution in [3.63, 3.8) is 0 Å². The molecule has 28 heavy (non-hydrogen) atoms. The highest BCUT2D eigenvalue weighted by Crippen LogP contribution is 2.23. The van der Waals surface area contributed by atoms with E-state index < -0.39 is 0 Å². The van der Waals surface area contributed by atoms with E-state index in [4.69, 9.17) is 11.6 Å². The summed E-state index contributed by atoms with van der Waals surface area (Å²) < 4.78 is 0. The number of carbonyl (C=O) groups excluding carboxylic acids is 1. The number of hydrogen-bond donors (Lipinski definition) is 2. The van der Waals surface area contributed by atoms with Crippen molar-refractivity contribution in [3.8, 4) is 0 Å². The zero-order valence-corrected chi connectivity index (χ0v) is 18.0. The summed E-state index contributed by atoms with van der Waals surface area (Å²) in [4.78, 5) is 16.1. The molecule has 0 radical (unpaired) electrons. The molecule has 1 amide bonds. The van der Waals surface area contributed by atoms with Gasteiger partial charge in [-0.15, -0.1) is 11.8 Å². The van der Waals surface area contributed by atoms with E-state index >= 15 is 0 Å². The van der Waals surface area contributed by atoms with Gasteiger partial charge in [0, 0.05) is 42.1 Å². The molecule has 4 nitrogen and oxygen atoms in total. The molecule has 0 aromatic heterocycles. The summed E-state index contributed by atoms with van der Waals surface area (Å²) in [7, 11) is 0. The summed E-state index contributed by atoms with van der Waals surface area (Å²) in [6.07, 6.45) is 2.90. The van der Waals surface area contributed by atoms with Crippen LogP contribution < -0.4 is 10.6 Å². The second-order valence-corrected chi connectivity index (χ2v) is 8.45. The summed E-state index contributed by atoms with van der Waals surface area (Å²) in [6.45, 7) is 5.00. The van der Waals surface area contributed by atoms with E-state index in [1.165, 1.54) is 10.5 Å². The third-order valence-corrected chi connectivity index (χ3v) is 6.06. The van der Waals surface area contributed by atoms with Crippen molar-refractivity contribution < 1.29 is 4.79 Å². The van der Waals surface area contributed by atoms with Crippen molar-refractivity contribution in [3.05, 3.63) is 64.7 Å². The van der Waals surface area contributed by atoms with Gasteiger partial charge in [-0.3, -0.25) is 9.69 Å². The molecule has 0 bridgehead atoms. The van der Waals surface area contributed by atoms with Crippen molar-refractivity contribution in [1.82, 2.24) is 15.5 Å². The van der Waals surface area contributed by atoms with E-state index in [-0.39, 0.29) is 18.0 Å². The van der Waals surface area contributed by atoms with Crippen LogP contribution in [-0.4, -0.2) is 42.2 Å². The van der Waals surface area contributed by atoms with Gasteiger partial charge in [0.05, 0.1) is 6.04 Å². The fourth-order valence-corrected chi connectivity index (χ4v) is 4.29. The molecule has 1 aliphatic rings. The van der Waals surface area contributed by atoms with Crippen LogP contribution in [0.15, 0.2) is 53.4 Å². The van der Waals surface area contributed by atoms with Gasteiger partial charge in [-0.1, -0.05) is 35.9 Å². The first-order valence-electron chi connectivity index (χ1n) is 9.71. The van der Waals surface area contributed by atoms with Gasteiger partial charge in [-0.25, -0.2) is 0 Å². The molecule has 0 saturated carbocycles. The molecule has 3 rings (SSSR count). The minimum atomic E-state index is -0.115. The average molecular weight is 418 g/mol. The second kappa shape index (κ2) is 10.3. The number of rotatable bonds is 8. The lowest BCUT2D eigenvalue weighted by Crippen LogP contribution is -2.42. The van der Waals surface area contributed by atoms with Crippen LogP contribution in [0.1, 0.15) is 24.5 Å². The Morgan fingerprint density at radius 2 is 2.00 bits per heavy atom. The van der Waals surface area contributed by atoms with Gasteiger partial charge in [0.25, 0.3) is 0 Å². The number of halogens is 1. The molecule has 1 heterocycles. The lowest BCUT2D eigenvalue weighted by atomic mass is 10.1. The molecule has 1 saturated heterocycles. The van der Waals surface area contributed by atoms with Crippen molar-refractivity contribution in [2.75, 3.05) is 19.3 Å². The van der Waals surface area contributed by atoms with E-state index in [1.807, 2.05) is 25.1 Å². The first-order chi connectivity index (χ1) is 13.6. The largest absolute Gasteiger partial charge is 0.355 e. The first kappa shape index (κ1) is 21.2. The second-order valence-electron chi connectivity index (χ2n) is 7.13. The average Bonchev–Trinajstić information content (AvgIpc) is 3.10. The van der Waals surface area contributed by atoms with Crippen LogP contribution in [0.5, 0.6) is 0 Å². The maximum absolute atomic E-state index is 12.6. The topological polar surface area (TPSA) is 44.4 Å². The zero-order valence-electron chi connectivity index (χ0n) is 16.5. The van der Waals surface area contributed by atoms with Crippen LogP contribution in [0, 0.1) is 0 Å². The van der Waals surface area contributed by atoms with Gasteiger partial charge >= 0.3 is 0 Å². The lowest BCUT2D eigenvalue weighted by molar-refractivity contribution is -0.125. The molecule has 1 aliphatic heterocycles. The number of amides is 1. The molecule has 1 fully saturated rings. The first-order valence-corrected chi connectivity index (χ1v) is 11.3. The standard InChI is InChI=1S/C22H28ClN3OS/c1-3-24-22(27)21-12-19(25-13-16-7-9-20(28-2)10-8-16)15-26(21)14-17-5-4-6-18(23)11-17/h4-11,19,21,25H,3,12-15H2,1-2H3,(H,24,27)/t19-,21-/m0/s1. The molecule has 6 heteroatoms. The normalized spacial score (nSPS) is 19.7. The Balaban J connectivity index is 1.63. The third kappa shape index (κ3) is 5.74. The van der Waals surface area contributed by atoms with Crippen LogP contribution in [0.2, 0.25) is 5.02 Å². The Hall–Kier alpha value is -1.53. The number of likely N-dealkylation sites (N-methyl/N-ethyl adjacent to an activating group) is 1. The van der Waals surface area contributed by atoms with E-state index in [1.54, 1.807) is 11.8 Å². The van der Waals surface area contributed by atoms with Crippen LogP contribution in [-0.2, 0) is 17.9 Å². The van der Waals surface area contributed by atoms with Crippen LogP contribution >= 0.6 is 23.4 Å². The van der Waals surface area contributed by atoms with E-state index in [2.05, 4.69) is 52.1 Å². The highest BCUT2D eigenvalue weighted by molar-refractivity contribution is 7.98. The van der Waals surface area contributed by atoms with Gasteiger partial charge in [-0.2, -0.15) is 0 Å². The number of benzene rings is 2. The Kier molecular flexibility index (Phi) is 7.80. The van der Waals surface area contributed by atoms with Crippen LogP contribution in [0.25, 0.3) is 0 Å². The van der Waals surface area contributed by atoms with Gasteiger partial charge in [0.15, 0.2) is 0 Å². The summed E-state index contributed by atoms with van der Waals surface area (Å²) >= 11 is 7.89. The highest BCUT2D eigenvalue weighted by atomic mass is 35.5. The number of nitrogens with zero attached hydrogens (tertiary/aromatic N) is 1. The molecule has 0 aliphatic carbocycles. The quantitative estimate of drug-likeness (QED) is 0.639. The predicted octanol–water partition coefficient (Wildman–Crippen LogP) is 3.93. The maximum atomic E-state index is 12.6. The number of nitrogens with one attached hydrogen (secondary N) is 2. The van der Waals surface area contributed by atoms with Crippen molar-refractivity contribution in [1.29, 1.82) is 0 Å². The lowest BCUT2D eigenvalue weighted by Gasteiger charge is -2.23. The van der Waals surface area contributed by atoms with Crippen molar-refractivity contribution in [2.45, 2.75) is 43.4 Å². The van der Waals surface area contributed by atoms with E-state index in [0.29, 0.717) is 6.54 Å². The molecule has 2 N–H and O–H groups in total. The molecule has 2 atom stereocenters. The summed E-state index contributed by atoms with van der Waals surface area (Å²) in [5.41, 5.74) is 2.40. The summed E-state index contributed by atoms with van der Waals surface area (Å²) in [5.74, 6) is 0.109. The van der Waals surface area contributed by atoms with E-state index in [9.17, 15) is 4.79 Å². The number of thioether (sulfide) groups is 1. The minimum Gasteiger partial charge on any atom is -0.355 e. The Morgan fingerprint density at radius 1 is 1.21 bits per heavy atom. The number of hydrogen-bond acceptors (Lipinski definition) is 4. The monoisotopic (exact) mass is 417 g/mol. The zero-order chi connectivity index (χ0) is 19.9. The SMILES string of the molecule is CCNC(=O)[C@@H]1C[C@H](NCc2ccc(SC)cc2)CN1Cc1cccc(Cl)c1. The highest BCUT2D eigenvalue weighted by Gasteiger charge is 2.36. The Bertz CT molecular complexity index is 784. The molecular weight excluding hydrogens is 390 g/mol. The van der Waals surface area contributed by atoms with E-state index in [0.717, 1.165) is 36.6 Å². The number of carbonyl (C=O) groups is 1. The van der Waals surface area contributed by atoms with Gasteiger partial charge in [0.1, 0.15) is 0 Å². The fourth-order valence-electron chi connectivity index (χ4n) is 3.67. The molecule has 0 spiro atoms. The van der Waals surface area contributed by atoms with Crippen LogP contribution in [0.4, 0.5) is 0 Å². The van der Waals surface area contributed by atoms with Crippen LogP contribution in [0.3, 0.4) is 0 Å². The molecular formula is C22H28ClN3OS. The smallest absolute Gasteiger partial charge is 0.237 e. The Morgan fingerprint density at radius 3 is 2.68 bits per heavy atom. The van der Waals surface area contributed by atoms with Crippen molar-refractivity contribution in [2.24, 2.45) is 0 Å². The molecule has 0 unspecified atom stereocenters. The molecule has 2 aromatic rings.